The molecule has 0 aliphatic carbocycles. The predicted octanol–water partition coefficient (Wildman–Crippen LogP) is 2.32. The highest BCUT2D eigenvalue weighted by molar-refractivity contribution is 14.1. The van der Waals surface area contributed by atoms with Gasteiger partial charge in [-0.25, -0.2) is 4.79 Å². The maximum atomic E-state index is 10.4. The van der Waals surface area contributed by atoms with E-state index in [-0.39, 0.29) is 0 Å². The van der Waals surface area contributed by atoms with E-state index in [4.69, 9.17) is 16.9 Å². The van der Waals surface area contributed by atoms with Gasteiger partial charge in [-0.3, -0.25) is 4.98 Å². The summed E-state index contributed by atoms with van der Waals surface area (Å²) in [4.78, 5) is 14.2. The minimum atomic E-state index is -1.22. The molecule has 1 aromatic heterocycles. The molecule has 4 nitrogen and oxygen atoms in total. The Hall–Kier alpha value is -0.560. The standard InChI is InChI=1S/C6H4ClIN2O2/c7-10(6(11)12)5-3-9-2-1-4(5)8/h1-3H,(H,11,12). The zero-order chi connectivity index (χ0) is 9.14. The molecule has 0 unspecified atom stereocenters. The highest BCUT2D eigenvalue weighted by Crippen LogP contribution is 2.22. The van der Waals surface area contributed by atoms with Crippen LogP contribution in [0.15, 0.2) is 18.5 Å². The van der Waals surface area contributed by atoms with Crippen molar-refractivity contribution in [3.05, 3.63) is 22.0 Å². The summed E-state index contributed by atoms with van der Waals surface area (Å²) in [6, 6.07) is 1.67. The number of amides is 1. The van der Waals surface area contributed by atoms with Crippen molar-refractivity contribution in [2.24, 2.45) is 0 Å². The third kappa shape index (κ3) is 1.98. The summed E-state index contributed by atoms with van der Waals surface area (Å²) in [5.74, 6) is 0. The van der Waals surface area contributed by atoms with Crippen LogP contribution in [0.25, 0.3) is 0 Å². The maximum absolute atomic E-state index is 10.4. The molecule has 1 amide bonds. The van der Waals surface area contributed by atoms with E-state index in [2.05, 4.69) is 4.98 Å². The topological polar surface area (TPSA) is 53.4 Å². The van der Waals surface area contributed by atoms with Gasteiger partial charge in [-0.2, -0.15) is 4.42 Å². The third-order valence-corrected chi connectivity index (χ3v) is 2.37. The Kier molecular flexibility index (Phi) is 3.10. The molecule has 0 saturated heterocycles. The fourth-order valence-corrected chi connectivity index (χ4v) is 1.44. The molecule has 0 saturated carbocycles. The Bertz CT molecular complexity index is 307. The lowest BCUT2D eigenvalue weighted by Crippen LogP contribution is -2.18. The molecule has 1 N–H and O–H groups in total. The molecule has 0 radical (unpaired) electrons. The molecule has 0 aliphatic heterocycles. The molecule has 6 heteroatoms. The van der Waals surface area contributed by atoms with E-state index in [9.17, 15) is 4.79 Å². The lowest BCUT2D eigenvalue weighted by Gasteiger charge is -2.09. The molecule has 1 rings (SSSR count). The summed E-state index contributed by atoms with van der Waals surface area (Å²) in [7, 11) is 0. The number of pyridine rings is 1. The normalized spacial score (nSPS) is 9.50. The van der Waals surface area contributed by atoms with Crippen LogP contribution in [0, 0.1) is 3.57 Å². The number of nitrogens with zero attached hydrogens (tertiary/aromatic N) is 2. The summed E-state index contributed by atoms with van der Waals surface area (Å²) in [5.41, 5.74) is 0.368. The van der Waals surface area contributed by atoms with Crippen LogP contribution in [0.5, 0.6) is 0 Å². The molecule has 0 aromatic carbocycles. The van der Waals surface area contributed by atoms with Gasteiger partial charge in [-0.15, -0.1) is 0 Å². The number of aromatic nitrogens is 1. The summed E-state index contributed by atoms with van der Waals surface area (Å²) >= 11 is 7.41. The quantitative estimate of drug-likeness (QED) is 0.639. The molecular formula is C6H4ClIN2O2. The van der Waals surface area contributed by atoms with Crippen LogP contribution in [0.3, 0.4) is 0 Å². The van der Waals surface area contributed by atoms with Gasteiger partial charge in [0.25, 0.3) is 0 Å². The summed E-state index contributed by atoms with van der Waals surface area (Å²) in [6.07, 6.45) is 1.74. The first-order chi connectivity index (χ1) is 5.63. The Morgan fingerprint density at radius 2 is 2.42 bits per heavy atom. The van der Waals surface area contributed by atoms with Crippen molar-refractivity contribution in [2.75, 3.05) is 4.42 Å². The van der Waals surface area contributed by atoms with E-state index in [1.807, 2.05) is 22.6 Å². The van der Waals surface area contributed by atoms with Gasteiger partial charge in [0.1, 0.15) is 0 Å². The monoisotopic (exact) mass is 298 g/mol. The number of anilines is 1. The van der Waals surface area contributed by atoms with Crippen LogP contribution in [0.4, 0.5) is 10.5 Å². The third-order valence-electron chi connectivity index (χ3n) is 1.13. The number of hydrogen-bond acceptors (Lipinski definition) is 2. The second-order valence-corrected chi connectivity index (χ2v) is 3.39. The number of carboxylic acid groups (broad SMARTS) is 1. The zero-order valence-electron chi connectivity index (χ0n) is 5.74. The number of hydrogen-bond donors (Lipinski definition) is 1. The molecule has 64 valence electrons. The van der Waals surface area contributed by atoms with Gasteiger partial charge in [0, 0.05) is 21.5 Å². The molecule has 0 bridgehead atoms. The first-order valence-electron chi connectivity index (χ1n) is 2.91. The summed E-state index contributed by atoms with van der Waals surface area (Å²) < 4.78 is 1.34. The lowest BCUT2D eigenvalue weighted by atomic mass is 10.4. The van der Waals surface area contributed by atoms with Crippen molar-refractivity contribution in [2.45, 2.75) is 0 Å². The Balaban J connectivity index is 3.02. The fraction of sp³-hybridized carbons (Fsp3) is 0. The molecular weight excluding hydrogens is 294 g/mol. The van der Waals surface area contributed by atoms with Gasteiger partial charge in [-0.1, -0.05) is 0 Å². The smallest absolute Gasteiger partial charge is 0.426 e. The van der Waals surface area contributed by atoms with Gasteiger partial charge >= 0.3 is 6.09 Å². The van der Waals surface area contributed by atoms with Crippen molar-refractivity contribution in [3.8, 4) is 0 Å². The Morgan fingerprint density at radius 3 is 2.92 bits per heavy atom. The van der Waals surface area contributed by atoms with Crippen LogP contribution >= 0.6 is 34.4 Å². The molecule has 0 spiro atoms. The first kappa shape index (κ1) is 9.53. The van der Waals surface area contributed by atoms with E-state index in [1.165, 1.54) is 6.20 Å². The van der Waals surface area contributed by atoms with Crippen LogP contribution in [-0.4, -0.2) is 16.2 Å². The number of halogens is 2. The largest absolute Gasteiger partial charge is 0.464 e. The highest BCUT2D eigenvalue weighted by atomic mass is 127. The van der Waals surface area contributed by atoms with Crippen molar-refractivity contribution >= 4 is 46.1 Å². The van der Waals surface area contributed by atoms with Gasteiger partial charge in [0.2, 0.25) is 0 Å². The van der Waals surface area contributed by atoms with Crippen LogP contribution in [0.2, 0.25) is 0 Å². The highest BCUT2D eigenvalue weighted by Gasteiger charge is 2.13. The van der Waals surface area contributed by atoms with Gasteiger partial charge in [0.05, 0.1) is 11.9 Å². The lowest BCUT2D eigenvalue weighted by molar-refractivity contribution is 0.206. The van der Waals surface area contributed by atoms with Crippen molar-refractivity contribution in [1.82, 2.24) is 4.98 Å². The van der Waals surface area contributed by atoms with Crippen LogP contribution < -0.4 is 4.42 Å². The maximum Gasteiger partial charge on any atom is 0.426 e. The molecule has 12 heavy (non-hydrogen) atoms. The van der Waals surface area contributed by atoms with E-state index in [1.54, 1.807) is 12.3 Å². The van der Waals surface area contributed by atoms with Crippen molar-refractivity contribution < 1.29 is 9.90 Å². The average Bonchev–Trinajstić information content (AvgIpc) is 2.04. The van der Waals surface area contributed by atoms with Crippen LogP contribution in [-0.2, 0) is 0 Å². The van der Waals surface area contributed by atoms with Gasteiger partial charge in [0.15, 0.2) is 0 Å². The Labute approximate surface area is 87.4 Å². The fourth-order valence-electron chi connectivity index (χ4n) is 0.617. The second-order valence-electron chi connectivity index (χ2n) is 1.89. The molecule has 0 fully saturated rings. The van der Waals surface area contributed by atoms with Crippen molar-refractivity contribution in [1.29, 1.82) is 0 Å². The van der Waals surface area contributed by atoms with Gasteiger partial charge < -0.3 is 5.11 Å². The molecule has 1 aromatic rings. The second kappa shape index (κ2) is 3.90. The SMILES string of the molecule is O=C(O)N(Cl)c1cnccc1I. The van der Waals surface area contributed by atoms with E-state index in [0.717, 1.165) is 3.57 Å². The van der Waals surface area contributed by atoms with Crippen LogP contribution in [0.1, 0.15) is 0 Å². The number of carbonyl (C=O) groups is 1. The van der Waals surface area contributed by atoms with E-state index in [0.29, 0.717) is 10.1 Å². The Morgan fingerprint density at radius 1 is 1.75 bits per heavy atom. The van der Waals surface area contributed by atoms with Gasteiger partial charge in [-0.05, 0) is 28.7 Å². The zero-order valence-corrected chi connectivity index (χ0v) is 8.65. The molecule has 0 aliphatic rings. The minimum Gasteiger partial charge on any atom is -0.464 e. The molecule has 1 heterocycles. The minimum absolute atomic E-state index is 0.368. The first-order valence-corrected chi connectivity index (χ1v) is 4.33. The summed E-state index contributed by atoms with van der Waals surface area (Å²) in [6.45, 7) is 0. The van der Waals surface area contributed by atoms with E-state index >= 15 is 0 Å². The van der Waals surface area contributed by atoms with Crippen molar-refractivity contribution in [3.63, 3.8) is 0 Å². The summed E-state index contributed by atoms with van der Waals surface area (Å²) in [5, 5.41) is 8.52. The van der Waals surface area contributed by atoms with E-state index < -0.39 is 6.09 Å². The number of rotatable bonds is 1. The molecule has 0 atom stereocenters. The average molecular weight is 298 g/mol. The predicted molar refractivity (Wildman–Crippen MR) is 53.3 cm³/mol.